The molecule has 0 saturated carbocycles. The molecule has 14 heavy (non-hydrogen) atoms. The summed E-state index contributed by atoms with van der Waals surface area (Å²) in [7, 11) is 0. The van der Waals surface area contributed by atoms with Crippen LogP contribution in [0.3, 0.4) is 0 Å². The number of nitriles is 1. The third kappa shape index (κ3) is 4.24. The molecule has 1 N–H and O–H groups in total. The summed E-state index contributed by atoms with van der Waals surface area (Å²) < 4.78 is 5.40. The van der Waals surface area contributed by atoms with E-state index in [1.54, 1.807) is 0 Å². The zero-order valence-electron chi connectivity index (χ0n) is 8.29. The maximum absolute atomic E-state index is 11.2. The molecule has 4 nitrogen and oxygen atoms in total. The van der Waals surface area contributed by atoms with Crippen LogP contribution in [0.25, 0.3) is 0 Å². The molecule has 1 aliphatic heterocycles. The fraction of sp³-hybridized carbons (Fsp3) is 0.800. The summed E-state index contributed by atoms with van der Waals surface area (Å²) >= 11 is 0. The Labute approximate surface area is 84.2 Å². The van der Waals surface area contributed by atoms with Crippen molar-refractivity contribution in [3.8, 4) is 6.07 Å². The van der Waals surface area contributed by atoms with E-state index in [1.807, 2.05) is 6.07 Å². The Morgan fingerprint density at radius 1 is 1.64 bits per heavy atom. The number of ether oxygens (including phenoxy) is 1. The summed E-state index contributed by atoms with van der Waals surface area (Å²) in [6.07, 6.45) is 4.16. The Bertz CT molecular complexity index is 217. The molecule has 78 valence electrons. The lowest BCUT2D eigenvalue weighted by molar-refractivity contribution is -0.121. The molecule has 1 heterocycles. The van der Waals surface area contributed by atoms with E-state index in [2.05, 4.69) is 5.32 Å². The minimum absolute atomic E-state index is 0.0238. The van der Waals surface area contributed by atoms with Gasteiger partial charge in [0.15, 0.2) is 0 Å². The van der Waals surface area contributed by atoms with Crippen molar-refractivity contribution < 1.29 is 9.53 Å². The number of rotatable bonds is 5. The summed E-state index contributed by atoms with van der Waals surface area (Å²) in [5.74, 6) is 0.0238. The van der Waals surface area contributed by atoms with Gasteiger partial charge in [-0.05, 0) is 19.3 Å². The molecule has 0 spiro atoms. The van der Waals surface area contributed by atoms with E-state index in [-0.39, 0.29) is 12.0 Å². The average molecular weight is 196 g/mol. The van der Waals surface area contributed by atoms with Crippen LogP contribution in [-0.2, 0) is 9.53 Å². The molecule has 1 rings (SSSR count). The van der Waals surface area contributed by atoms with Gasteiger partial charge in [-0.15, -0.1) is 0 Å². The molecule has 0 aromatic heterocycles. The Morgan fingerprint density at radius 3 is 3.14 bits per heavy atom. The van der Waals surface area contributed by atoms with Crippen molar-refractivity contribution in [2.75, 3.05) is 13.2 Å². The van der Waals surface area contributed by atoms with Crippen molar-refractivity contribution in [2.45, 2.75) is 38.2 Å². The van der Waals surface area contributed by atoms with Gasteiger partial charge in [-0.3, -0.25) is 4.79 Å². The predicted octanol–water partition coefficient (Wildman–Crippen LogP) is 0.975. The largest absolute Gasteiger partial charge is 0.378 e. The average Bonchev–Trinajstić information content (AvgIpc) is 2.68. The second-order valence-electron chi connectivity index (χ2n) is 3.43. The zero-order valence-corrected chi connectivity index (χ0v) is 8.29. The number of amides is 1. The van der Waals surface area contributed by atoms with E-state index >= 15 is 0 Å². The molecule has 0 aromatic carbocycles. The van der Waals surface area contributed by atoms with Gasteiger partial charge in [0.25, 0.3) is 0 Å². The molecule has 4 heteroatoms. The van der Waals surface area contributed by atoms with Crippen LogP contribution >= 0.6 is 0 Å². The molecule has 1 amide bonds. The fourth-order valence-corrected chi connectivity index (χ4v) is 1.51. The highest BCUT2D eigenvalue weighted by Gasteiger charge is 2.16. The minimum atomic E-state index is 0.0238. The maximum atomic E-state index is 11.2. The summed E-state index contributed by atoms with van der Waals surface area (Å²) in [5.41, 5.74) is 0. The Hall–Kier alpha value is -1.08. The van der Waals surface area contributed by atoms with E-state index < -0.39 is 0 Å². The number of hydrogen-bond acceptors (Lipinski definition) is 3. The van der Waals surface area contributed by atoms with Crippen molar-refractivity contribution in [1.82, 2.24) is 5.32 Å². The van der Waals surface area contributed by atoms with E-state index in [0.29, 0.717) is 19.4 Å². The highest BCUT2D eigenvalue weighted by atomic mass is 16.5. The van der Waals surface area contributed by atoms with Gasteiger partial charge in [-0.2, -0.15) is 5.26 Å². The molecule has 0 aliphatic carbocycles. The molecule has 1 atom stereocenters. The highest BCUT2D eigenvalue weighted by molar-refractivity contribution is 5.75. The lowest BCUT2D eigenvalue weighted by Crippen LogP contribution is -2.25. The van der Waals surface area contributed by atoms with Crippen molar-refractivity contribution in [3.63, 3.8) is 0 Å². The van der Waals surface area contributed by atoms with Crippen LogP contribution in [-0.4, -0.2) is 25.2 Å². The maximum Gasteiger partial charge on any atom is 0.220 e. The van der Waals surface area contributed by atoms with E-state index in [1.165, 1.54) is 0 Å². The number of carbonyl (C=O) groups excluding carboxylic acids is 1. The first-order valence-electron chi connectivity index (χ1n) is 5.08. The summed E-state index contributed by atoms with van der Waals surface area (Å²) in [4.78, 5) is 11.2. The first-order valence-corrected chi connectivity index (χ1v) is 5.08. The summed E-state index contributed by atoms with van der Waals surface area (Å²) in [5, 5.41) is 11.0. The van der Waals surface area contributed by atoms with Gasteiger partial charge < -0.3 is 10.1 Å². The molecule has 0 bridgehead atoms. The van der Waals surface area contributed by atoms with Crippen molar-refractivity contribution >= 4 is 5.91 Å². The Balaban J connectivity index is 2.00. The van der Waals surface area contributed by atoms with Gasteiger partial charge in [0.2, 0.25) is 5.91 Å². The number of nitrogens with one attached hydrogen (secondary N) is 1. The van der Waals surface area contributed by atoms with Crippen LogP contribution in [0, 0.1) is 11.3 Å². The highest BCUT2D eigenvalue weighted by Crippen LogP contribution is 2.16. The fourth-order valence-electron chi connectivity index (χ4n) is 1.51. The van der Waals surface area contributed by atoms with Gasteiger partial charge in [0.05, 0.1) is 18.6 Å². The van der Waals surface area contributed by atoms with E-state index in [0.717, 1.165) is 25.9 Å². The third-order valence-corrected chi connectivity index (χ3v) is 2.28. The summed E-state index contributed by atoms with van der Waals surface area (Å²) in [6.45, 7) is 1.29. The molecular weight excluding hydrogens is 180 g/mol. The van der Waals surface area contributed by atoms with Gasteiger partial charge in [-0.1, -0.05) is 0 Å². The Morgan fingerprint density at radius 2 is 2.50 bits per heavy atom. The van der Waals surface area contributed by atoms with Gasteiger partial charge in [0.1, 0.15) is 0 Å². The molecule has 1 fully saturated rings. The molecule has 0 aromatic rings. The number of carbonyl (C=O) groups is 1. The third-order valence-electron chi connectivity index (χ3n) is 2.28. The monoisotopic (exact) mass is 196 g/mol. The second kappa shape index (κ2) is 6.39. The van der Waals surface area contributed by atoms with Crippen LogP contribution in [0.5, 0.6) is 0 Å². The normalized spacial score (nSPS) is 20.4. The van der Waals surface area contributed by atoms with E-state index in [9.17, 15) is 4.79 Å². The van der Waals surface area contributed by atoms with E-state index in [4.69, 9.17) is 10.00 Å². The van der Waals surface area contributed by atoms with Crippen LogP contribution in [0.2, 0.25) is 0 Å². The van der Waals surface area contributed by atoms with Gasteiger partial charge >= 0.3 is 0 Å². The van der Waals surface area contributed by atoms with Crippen LogP contribution in [0.4, 0.5) is 0 Å². The lowest BCUT2D eigenvalue weighted by atomic mass is 10.1. The smallest absolute Gasteiger partial charge is 0.220 e. The topological polar surface area (TPSA) is 62.1 Å². The van der Waals surface area contributed by atoms with Gasteiger partial charge in [0, 0.05) is 19.6 Å². The molecule has 1 unspecified atom stereocenters. The second-order valence-corrected chi connectivity index (χ2v) is 3.43. The predicted molar refractivity (Wildman–Crippen MR) is 51.4 cm³/mol. The van der Waals surface area contributed by atoms with Crippen LogP contribution in [0.15, 0.2) is 0 Å². The first kappa shape index (κ1) is 11.0. The SMILES string of the molecule is N#CCCNC(=O)CCC1CCCO1. The van der Waals surface area contributed by atoms with Crippen molar-refractivity contribution in [1.29, 1.82) is 5.26 Å². The molecular formula is C10H16N2O2. The zero-order chi connectivity index (χ0) is 10.2. The molecule has 1 saturated heterocycles. The standard InChI is InChI=1S/C10H16N2O2/c11-6-2-7-12-10(13)5-4-9-3-1-8-14-9/h9H,1-5,7-8H2,(H,12,13). The van der Waals surface area contributed by atoms with Crippen LogP contribution < -0.4 is 5.32 Å². The first-order chi connectivity index (χ1) is 6.83. The Kier molecular flexibility index (Phi) is 5.02. The molecule has 1 aliphatic rings. The van der Waals surface area contributed by atoms with Crippen molar-refractivity contribution in [3.05, 3.63) is 0 Å². The van der Waals surface area contributed by atoms with Gasteiger partial charge in [-0.25, -0.2) is 0 Å². The number of nitrogens with zero attached hydrogens (tertiary/aromatic N) is 1. The number of hydrogen-bond donors (Lipinski definition) is 1. The minimum Gasteiger partial charge on any atom is -0.378 e. The van der Waals surface area contributed by atoms with Crippen molar-refractivity contribution in [2.24, 2.45) is 0 Å². The lowest BCUT2D eigenvalue weighted by Gasteiger charge is -2.08. The quantitative estimate of drug-likeness (QED) is 0.666. The van der Waals surface area contributed by atoms with Crippen LogP contribution in [0.1, 0.15) is 32.1 Å². The molecule has 0 radical (unpaired) electrons. The summed E-state index contributed by atoms with van der Waals surface area (Å²) in [6, 6.07) is 1.98.